The zero-order chi connectivity index (χ0) is 18.7. The van der Waals surface area contributed by atoms with Crippen molar-refractivity contribution >= 4 is 27.5 Å². The Morgan fingerprint density at radius 1 is 1.15 bits per heavy atom. The summed E-state index contributed by atoms with van der Waals surface area (Å²) in [7, 11) is 0. The number of rotatable bonds is 3. The maximum absolute atomic E-state index is 12.4. The van der Waals surface area contributed by atoms with Crippen LogP contribution in [0.4, 0.5) is 5.69 Å². The molecule has 0 aliphatic heterocycles. The van der Waals surface area contributed by atoms with Gasteiger partial charge in [-0.2, -0.15) is 15.0 Å². The van der Waals surface area contributed by atoms with Gasteiger partial charge in [-0.15, -0.1) is 0 Å². The van der Waals surface area contributed by atoms with E-state index >= 15 is 0 Å². The van der Waals surface area contributed by atoms with Gasteiger partial charge in [-0.25, -0.2) is 0 Å². The van der Waals surface area contributed by atoms with Crippen LogP contribution in [0.25, 0.3) is 5.69 Å². The summed E-state index contributed by atoms with van der Waals surface area (Å²) >= 11 is 3.30. The van der Waals surface area contributed by atoms with Crippen molar-refractivity contribution in [1.29, 1.82) is 5.26 Å². The van der Waals surface area contributed by atoms with E-state index in [9.17, 15) is 14.7 Å². The molecule has 2 N–H and O–H groups in total. The minimum atomic E-state index is -0.682. The third-order valence-corrected chi connectivity index (χ3v) is 4.00. The van der Waals surface area contributed by atoms with Crippen LogP contribution in [-0.2, 0) is 0 Å². The molecular formula is C18H11BrN4O3. The first kappa shape index (κ1) is 17.4. The fourth-order valence-corrected chi connectivity index (χ4v) is 2.46. The molecule has 0 atom stereocenters. The molecule has 128 valence electrons. The highest BCUT2D eigenvalue weighted by molar-refractivity contribution is 9.10. The van der Waals surface area contributed by atoms with E-state index < -0.39 is 17.2 Å². The number of nitriles is 1. The Hall–Kier alpha value is -3.44. The molecular weight excluding hydrogens is 400 g/mol. The second kappa shape index (κ2) is 7.21. The van der Waals surface area contributed by atoms with E-state index in [4.69, 9.17) is 5.26 Å². The number of aromatic hydroxyl groups is 1. The molecule has 26 heavy (non-hydrogen) atoms. The molecule has 0 aliphatic rings. The topological polar surface area (TPSA) is 108 Å². The SMILES string of the molecule is N#Cc1ccc(NC(=O)c2nn(-c3ccc(Br)cc3)c(=O)cc2O)cc1. The van der Waals surface area contributed by atoms with E-state index in [2.05, 4.69) is 26.3 Å². The highest BCUT2D eigenvalue weighted by atomic mass is 79.9. The summed E-state index contributed by atoms with van der Waals surface area (Å²) in [5.74, 6) is -1.20. The standard InChI is InChI=1S/C18H11BrN4O3/c19-12-3-7-14(8-4-12)23-16(25)9-15(24)17(22-23)18(26)21-13-5-1-11(10-20)2-6-13/h1-9,24H,(H,21,26). The van der Waals surface area contributed by atoms with Gasteiger partial charge < -0.3 is 10.4 Å². The smallest absolute Gasteiger partial charge is 0.279 e. The maximum atomic E-state index is 12.4. The van der Waals surface area contributed by atoms with Crippen LogP contribution in [0, 0.1) is 11.3 Å². The fraction of sp³-hybridized carbons (Fsp3) is 0. The average molecular weight is 411 g/mol. The van der Waals surface area contributed by atoms with Gasteiger partial charge in [0.15, 0.2) is 11.4 Å². The number of hydrogen-bond donors (Lipinski definition) is 2. The molecule has 0 radical (unpaired) electrons. The van der Waals surface area contributed by atoms with Crippen molar-refractivity contribution in [3.63, 3.8) is 0 Å². The van der Waals surface area contributed by atoms with E-state index in [1.807, 2.05) is 6.07 Å². The number of aromatic nitrogens is 2. The fourth-order valence-electron chi connectivity index (χ4n) is 2.19. The minimum absolute atomic E-state index is 0.295. The highest BCUT2D eigenvalue weighted by Crippen LogP contribution is 2.17. The number of halogens is 1. The number of nitrogens with one attached hydrogen (secondary N) is 1. The second-order valence-corrected chi connectivity index (χ2v) is 6.16. The Kier molecular flexibility index (Phi) is 4.82. The van der Waals surface area contributed by atoms with Crippen molar-refractivity contribution in [2.75, 3.05) is 5.32 Å². The van der Waals surface area contributed by atoms with Crippen molar-refractivity contribution in [3.8, 4) is 17.5 Å². The van der Waals surface area contributed by atoms with Crippen LogP contribution in [0.1, 0.15) is 16.1 Å². The molecule has 3 aromatic rings. The van der Waals surface area contributed by atoms with Crippen molar-refractivity contribution in [1.82, 2.24) is 9.78 Å². The van der Waals surface area contributed by atoms with E-state index in [-0.39, 0.29) is 5.69 Å². The Morgan fingerprint density at radius 2 is 1.81 bits per heavy atom. The number of hydrogen-bond acceptors (Lipinski definition) is 5. The zero-order valence-corrected chi connectivity index (χ0v) is 14.8. The largest absolute Gasteiger partial charge is 0.505 e. The number of carbonyl (C=O) groups excluding carboxylic acids is 1. The lowest BCUT2D eigenvalue weighted by Gasteiger charge is -2.09. The van der Waals surface area contributed by atoms with Gasteiger partial charge in [0.2, 0.25) is 0 Å². The number of anilines is 1. The first-order valence-corrected chi connectivity index (χ1v) is 8.18. The van der Waals surface area contributed by atoms with Crippen molar-refractivity contribution < 1.29 is 9.90 Å². The predicted molar refractivity (Wildman–Crippen MR) is 98.3 cm³/mol. The molecule has 1 aromatic heterocycles. The third-order valence-electron chi connectivity index (χ3n) is 3.47. The molecule has 8 heteroatoms. The summed E-state index contributed by atoms with van der Waals surface area (Å²) in [6.45, 7) is 0. The molecule has 0 unspecified atom stereocenters. The Morgan fingerprint density at radius 3 is 2.42 bits per heavy atom. The molecule has 0 aliphatic carbocycles. The number of amides is 1. The van der Waals surface area contributed by atoms with Gasteiger partial charge in [0.05, 0.1) is 17.3 Å². The molecule has 1 amide bonds. The maximum Gasteiger partial charge on any atom is 0.279 e. The van der Waals surface area contributed by atoms with E-state index in [1.54, 1.807) is 48.5 Å². The molecule has 1 heterocycles. The molecule has 0 saturated carbocycles. The van der Waals surface area contributed by atoms with Gasteiger partial charge in [-0.3, -0.25) is 9.59 Å². The minimum Gasteiger partial charge on any atom is -0.505 e. The first-order chi connectivity index (χ1) is 12.5. The van der Waals surface area contributed by atoms with Crippen LogP contribution in [0.5, 0.6) is 5.75 Å². The molecule has 0 saturated heterocycles. The summed E-state index contributed by atoms with van der Waals surface area (Å²) in [5.41, 5.74) is 0.464. The Labute approximate surface area is 156 Å². The second-order valence-electron chi connectivity index (χ2n) is 5.25. The van der Waals surface area contributed by atoms with Crippen LogP contribution >= 0.6 is 15.9 Å². The van der Waals surface area contributed by atoms with Crippen LogP contribution in [0.2, 0.25) is 0 Å². The number of benzene rings is 2. The zero-order valence-electron chi connectivity index (χ0n) is 13.2. The molecule has 0 fully saturated rings. The molecule has 7 nitrogen and oxygen atoms in total. The van der Waals surface area contributed by atoms with Crippen molar-refractivity contribution in [2.45, 2.75) is 0 Å². The lowest BCUT2D eigenvalue weighted by Crippen LogP contribution is -2.25. The number of carbonyl (C=O) groups is 1. The lowest BCUT2D eigenvalue weighted by atomic mass is 10.2. The predicted octanol–water partition coefficient (Wildman–Crippen LogP) is 2.82. The average Bonchev–Trinajstić information content (AvgIpc) is 2.63. The van der Waals surface area contributed by atoms with Gasteiger partial charge in [-0.05, 0) is 48.5 Å². The molecule has 0 spiro atoms. The third kappa shape index (κ3) is 3.63. The first-order valence-electron chi connectivity index (χ1n) is 7.39. The number of nitrogens with zero attached hydrogens (tertiary/aromatic N) is 3. The lowest BCUT2D eigenvalue weighted by molar-refractivity contribution is 0.101. The summed E-state index contributed by atoms with van der Waals surface area (Å²) in [4.78, 5) is 24.5. The molecule has 2 aromatic carbocycles. The Bertz CT molecular complexity index is 1070. The van der Waals surface area contributed by atoms with Crippen LogP contribution in [0.3, 0.4) is 0 Å². The van der Waals surface area contributed by atoms with Crippen LogP contribution in [0.15, 0.2) is 63.9 Å². The summed E-state index contributed by atoms with van der Waals surface area (Å²) in [5, 5.41) is 25.3. The summed E-state index contributed by atoms with van der Waals surface area (Å²) in [6, 6.07) is 15.9. The van der Waals surface area contributed by atoms with Crippen molar-refractivity contribution in [2.24, 2.45) is 0 Å². The molecule has 3 rings (SSSR count). The van der Waals surface area contributed by atoms with Crippen LogP contribution in [-0.4, -0.2) is 20.8 Å². The van der Waals surface area contributed by atoms with Gasteiger partial charge in [0.1, 0.15) is 0 Å². The van der Waals surface area contributed by atoms with E-state index in [1.165, 1.54) is 0 Å². The quantitative estimate of drug-likeness (QED) is 0.689. The van der Waals surface area contributed by atoms with Crippen molar-refractivity contribution in [3.05, 3.63) is 80.7 Å². The monoisotopic (exact) mass is 410 g/mol. The van der Waals surface area contributed by atoms with Gasteiger partial charge >= 0.3 is 0 Å². The summed E-state index contributed by atoms with van der Waals surface area (Å²) in [6.07, 6.45) is 0. The molecule has 0 bridgehead atoms. The van der Waals surface area contributed by atoms with E-state index in [0.717, 1.165) is 15.2 Å². The highest BCUT2D eigenvalue weighted by Gasteiger charge is 2.17. The summed E-state index contributed by atoms with van der Waals surface area (Å²) < 4.78 is 1.85. The van der Waals surface area contributed by atoms with Crippen LogP contribution < -0.4 is 10.9 Å². The van der Waals surface area contributed by atoms with Gasteiger partial charge in [0.25, 0.3) is 11.5 Å². The van der Waals surface area contributed by atoms with E-state index in [0.29, 0.717) is 16.9 Å². The normalized spacial score (nSPS) is 10.2. The Balaban J connectivity index is 1.95. The van der Waals surface area contributed by atoms with Gasteiger partial charge in [-0.1, -0.05) is 15.9 Å². The van der Waals surface area contributed by atoms with Gasteiger partial charge in [0, 0.05) is 16.2 Å².